The summed E-state index contributed by atoms with van der Waals surface area (Å²) in [6.07, 6.45) is 2.08. The van der Waals surface area contributed by atoms with E-state index >= 15 is 0 Å². The Morgan fingerprint density at radius 1 is 0.938 bits per heavy atom. The van der Waals surface area contributed by atoms with Crippen molar-refractivity contribution >= 4 is 17.3 Å². The van der Waals surface area contributed by atoms with E-state index in [4.69, 9.17) is 9.47 Å². The SMILES string of the molecule is O=[N+]([O-])c1ccc2c(c1)/C(=C/c1ccccc1OCCN1CCOCC1)c1ccccc1-2. The van der Waals surface area contributed by atoms with E-state index in [1.165, 1.54) is 0 Å². The lowest BCUT2D eigenvalue weighted by Crippen LogP contribution is -2.38. The second-order valence-electron chi connectivity index (χ2n) is 7.93. The van der Waals surface area contributed by atoms with E-state index in [1.54, 1.807) is 12.1 Å². The predicted octanol–water partition coefficient (Wildman–Crippen LogP) is 4.88. The molecule has 0 aromatic heterocycles. The Morgan fingerprint density at radius 3 is 2.47 bits per heavy atom. The van der Waals surface area contributed by atoms with Crippen LogP contribution < -0.4 is 4.74 Å². The van der Waals surface area contributed by atoms with Crippen molar-refractivity contribution in [2.24, 2.45) is 0 Å². The van der Waals surface area contributed by atoms with Crippen molar-refractivity contribution in [2.45, 2.75) is 0 Å². The number of morpholine rings is 1. The third-order valence-corrected chi connectivity index (χ3v) is 6.00. The van der Waals surface area contributed by atoms with Gasteiger partial charge in [-0.15, -0.1) is 0 Å². The lowest BCUT2D eigenvalue weighted by Gasteiger charge is -2.26. The normalized spacial score (nSPS) is 16.6. The number of nitro groups is 1. The van der Waals surface area contributed by atoms with E-state index < -0.39 is 0 Å². The number of non-ortho nitro benzene ring substituents is 1. The summed E-state index contributed by atoms with van der Waals surface area (Å²) in [5.41, 5.74) is 6.09. The Balaban J connectivity index is 1.47. The molecule has 0 saturated carbocycles. The van der Waals surface area contributed by atoms with Gasteiger partial charge < -0.3 is 9.47 Å². The largest absolute Gasteiger partial charge is 0.492 e. The van der Waals surface area contributed by atoms with Crippen LogP contribution in [-0.2, 0) is 4.74 Å². The van der Waals surface area contributed by atoms with Crippen LogP contribution in [0.2, 0.25) is 0 Å². The monoisotopic (exact) mass is 428 g/mol. The molecule has 6 heteroatoms. The van der Waals surface area contributed by atoms with Gasteiger partial charge in [-0.25, -0.2) is 0 Å². The number of fused-ring (bicyclic) bond motifs is 3. The first-order chi connectivity index (χ1) is 15.7. The van der Waals surface area contributed by atoms with Crippen LogP contribution in [0.3, 0.4) is 0 Å². The number of para-hydroxylation sites is 1. The summed E-state index contributed by atoms with van der Waals surface area (Å²) in [6.45, 7) is 4.86. The zero-order chi connectivity index (χ0) is 21.9. The third-order valence-electron chi connectivity index (χ3n) is 6.00. The fourth-order valence-electron chi connectivity index (χ4n) is 4.35. The molecule has 0 radical (unpaired) electrons. The average molecular weight is 428 g/mol. The Hall–Kier alpha value is -3.48. The molecule has 3 aromatic rings. The van der Waals surface area contributed by atoms with E-state index in [1.807, 2.05) is 42.5 Å². The second-order valence-corrected chi connectivity index (χ2v) is 7.93. The zero-order valence-electron chi connectivity index (χ0n) is 17.7. The highest BCUT2D eigenvalue weighted by molar-refractivity contribution is 6.07. The van der Waals surface area contributed by atoms with Crippen molar-refractivity contribution in [3.8, 4) is 16.9 Å². The molecule has 0 unspecified atom stereocenters. The van der Waals surface area contributed by atoms with Crippen LogP contribution in [0.5, 0.6) is 5.75 Å². The molecule has 0 atom stereocenters. The van der Waals surface area contributed by atoms with Crippen LogP contribution >= 0.6 is 0 Å². The maximum absolute atomic E-state index is 11.4. The highest BCUT2D eigenvalue weighted by Crippen LogP contribution is 2.46. The number of ether oxygens (including phenoxy) is 2. The van der Waals surface area contributed by atoms with Crippen LogP contribution in [0.25, 0.3) is 22.8 Å². The van der Waals surface area contributed by atoms with Crippen molar-refractivity contribution in [1.82, 2.24) is 4.90 Å². The van der Waals surface area contributed by atoms with Crippen LogP contribution in [0, 0.1) is 10.1 Å². The maximum Gasteiger partial charge on any atom is 0.270 e. The molecule has 5 rings (SSSR count). The van der Waals surface area contributed by atoms with E-state index in [9.17, 15) is 10.1 Å². The van der Waals surface area contributed by atoms with E-state index in [-0.39, 0.29) is 10.6 Å². The molecule has 6 nitrogen and oxygen atoms in total. The Bertz CT molecular complexity index is 1180. The van der Waals surface area contributed by atoms with Gasteiger partial charge in [-0.2, -0.15) is 0 Å². The molecule has 1 fully saturated rings. The first-order valence-corrected chi connectivity index (χ1v) is 10.8. The number of benzene rings is 3. The van der Waals surface area contributed by atoms with E-state index in [0.29, 0.717) is 6.61 Å². The van der Waals surface area contributed by atoms with Gasteiger partial charge in [0, 0.05) is 37.3 Å². The van der Waals surface area contributed by atoms with Gasteiger partial charge in [0.05, 0.1) is 18.1 Å². The summed E-state index contributed by atoms with van der Waals surface area (Å²) in [4.78, 5) is 13.4. The fourth-order valence-corrected chi connectivity index (χ4v) is 4.35. The van der Waals surface area contributed by atoms with Gasteiger partial charge in [-0.3, -0.25) is 15.0 Å². The highest BCUT2D eigenvalue weighted by Gasteiger charge is 2.25. The Kier molecular flexibility index (Phi) is 5.71. The summed E-state index contributed by atoms with van der Waals surface area (Å²) < 4.78 is 11.6. The van der Waals surface area contributed by atoms with Gasteiger partial charge in [0.15, 0.2) is 0 Å². The zero-order valence-corrected chi connectivity index (χ0v) is 17.7. The van der Waals surface area contributed by atoms with Gasteiger partial charge in [0.1, 0.15) is 12.4 Å². The molecular formula is C26H24N2O4. The molecule has 162 valence electrons. The summed E-state index contributed by atoms with van der Waals surface area (Å²) in [5.74, 6) is 0.810. The molecule has 1 aliphatic heterocycles. The molecule has 3 aromatic carbocycles. The summed E-state index contributed by atoms with van der Waals surface area (Å²) in [5, 5.41) is 11.4. The lowest BCUT2D eigenvalue weighted by atomic mass is 10.0. The first kappa shape index (κ1) is 20.4. The molecule has 0 amide bonds. The summed E-state index contributed by atoms with van der Waals surface area (Å²) in [7, 11) is 0. The number of hydrogen-bond acceptors (Lipinski definition) is 5. The summed E-state index contributed by atoms with van der Waals surface area (Å²) in [6, 6.07) is 21.1. The minimum atomic E-state index is -0.344. The van der Waals surface area contributed by atoms with Crippen LogP contribution in [-0.4, -0.2) is 49.3 Å². The molecule has 32 heavy (non-hydrogen) atoms. The second kappa shape index (κ2) is 8.94. The van der Waals surface area contributed by atoms with Crippen molar-refractivity contribution in [3.05, 3.63) is 93.5 Å². The maximum atomic E-state index is 11.4. The average Bonchev–Trinajstić information content (AvgIpc) is 3.14. The number of hydrogen-bond donors (Lipinski definition) is 0. The Labute approximate surface area is 186 Å². The van der Waals surface area contributed by atoms with Crippen LogP contribution in [0.4, 0.5) is 5.69 Å². The molecular weight excluding hydrogens is 404 g/mol. The summed E-state index contributed by atoms with van der Waals surface area (Å²) >= 11 is 0. The number of rotatable bonds is 6. The van der Waals surface area contributed by atoms with Crippen molar-refractivity contribution in [2.75, 3.05) is 39.5 Å². The molecule has 1 saturated heterocycles. The lowest BCUT2D eigenvalue weighted by molar-refractivity contribution is -0.384. The van der Waals surface area contributed by atoms with E-state index in [2.05, 4.69) is 23.1 Å². The van der Waals surface area contributed by atoms with Gasteiger partial charge in [0.2, 0.25) is 0 Å². The topological polar surface area (TPSA) is 64.8 Å². The van der Waals surface area contributed by atoms with Crippen molar-refractivity contribution < 1.29 is 14.4 Å². The van der Waals surface area contributed by atoms with Gasteiger partial charge >= 0.3 is 0 Å². The molecule has 1 aliphatic carbocycles. The number of nitro benzene ring substituents is 1. The third kappa shape index (κ3) is 4.02. The molecule has 0 bridgehead atoms. The molecule has 1 heterocycles. The quantitative estimate of drug-likeness (QED) is 0.324. The van der Waals surface area contributed by atoms with Crippen LogP contribution in [0.15, 0.2) is 66.7 Å². The molecule has 0 spiro atoms. The minimum Gasteiger partial charge on any atom is -0.492 e. The standard InChI is InChI=1S/C26H24N2O4/c29-28(30)20-9-10-23-21-6-2-3-7-22(21)24(25(23)18-20)17-19-5-1-4-8-26(19)32-16-13-27-11-14-31-15-12-27/h1-10,17-18H,11-16H2/b24-17+. The predicted molar refractivity (Wildman–Crippen MR) is 125 cm³/mol. The van der Waals surface area contributed by atoms with Gasteiger partial charge in [-0.05, 0) is 46.0 Å². The molecule has 0 N–H and O–H groups in total. The van der Waals surface area contributed by atoms with Gasteiger partial charge in [-0.1, -0.05) is 42.5 Å². The van der Waals surface area contributed by atoms with Crippen LogP contribution in [0.1, 0.15) is 16.7 Å². The number of nitrogens with zero attached hydrogens (tertiary/aromatic N) is 2. The first-order valence-electron chi connectivity index (χ1n) is 10.8. The van der Waals surface area contributed by atoms with Crippen molar-refractivity contribution in [3.63, 3.8) is 0 Å². The fraction of sp³-hybridized carbons (Fsp3) is 0.231. The smallest absolute Gasteiger partial charge is 0.270 e. The highest BCUT2D eigenvalue weighted by atomic mass is 16.6. The molecule has 2 aliphatic rings. The van der Waals surface area contributed by atoms with Gasteiger partial charge in [0.25, 0.3) is 5.69 Å². The Morgan fingerprint density at radius 2 is 1.66 bits per heavy atom. The van der Waals surface area contributed by atoms with E-state index in [0.717, 1.165) is 72.0 Å². The minimum absolute atomic E-state index is 0.0949. The van der Waals surface area contributed by atoms with Crippen molar-refractivity contribution in [1.29, 1.82) is 0 Å².